The Labute approximate surface area is 309 Å². The highest BCUT2D eigenvalue weighted by molar-refractivity contribution is 5.87. The zero-order valence-corrected chi connectivity index (χ0v) is 30.6. The van der Waals surface area contributed by atoms with Crippen LogP contribution in [0.3, 0.4) is 0 Å². The van der Waals surface area contributed by atoms with Crippen LogP contribution in [-0.4, -0.2) is 64.0 Å². The van der Waals surface area contributed by atoms with Crippen molar-refractivity contribution in [3.05, 3.63) is 113 Å². The summed E-state index contributed by atoms with van der Waals surface area (Å²) in [6.45, 7) is 13.6. The van der Waals surface area contributed by atoms with E-state index in [9.17, 15) is 9.18 Å². The van der Waals surface area contributed by atoms with Gasteiger partial charge in [-0.25, -0.2) is 14.4 Å². The number of hydrogen-bond acceptors (Lipinski definition) is 8. The van der Waals surface area contributed by atoms with Crippen molar-refractivity contribution in [1.82, 2.24) is 25.1 Å². The molecular weight excluding hydrogens is 672 g/mol. The number of nitrogens with zero attached hydrogens (tertiary/aromatic N) is 5. The first-order chi connectivity index (χ1) is 25.7. The van der Waals surface area contributed by atoms with Gasteiger partial charge in [0.25, 0.3) is 0 Å². The second kappa shape index (κ2) is 19.3. The summed E-state index contributed by atoms with van der Waals surface area (Å²) < 4.78 is 24.5. The number of anilines is 1. The summed E-state index contributed by atoms with van der Waals surface area (Å²) in [6.07, 6.45) is 11.6. The van der Waals surface area contributed by atoms with E-state index in [1.54, 1.807) is 18.2 Å². The topological polar surface area (TPSA) is 144 Å². The third kappa shape index (κ3) is 11.4. The summed E-state index contributed by atoms with van der Waals surface area (Å²) in [5, 5.41) is 19.4. The largest absolute Gasteiger partial charge is 0.473 e. The van der Waals surface area contributed by atoms with Gasteiger partial charge in [0.2, 0.25) is 12.3 Å². The number of allylic oxidation sites excluding steroid dienone is 3. The molecule has 7 rings (SSSR count). The molecule has 0 bridgehead atoms. The van der Waals surface area contributed by atoms with Gasteiger partial charge in [0.1, 0.15) is 18.2 Å². The van der Waals surface area contributed by atoms with Crippen LogP contribution in [0.25, 0.3) is 21.9 Å². The van der Waals surface area contributed by atoms with Crippen LogP contribution in [0.1, 0.15) is 60.8 Å². The number of aromatic amines is 2. The second-order valence-electron chi connectivity index (χ2n) is 13.3. The Morgan fingerprint density at radius 2 is 1.92 bits per heavy atom. The minimum atomic E-state index is -0.468. The molecule has 1 amide bonds. The van der Waals surface area contributed by atoms with E-state index in [1.165, 1.54) is 18.1 Å². The number of halogens is 1. The first-order valence-corrected chi connectivity index (χ1v) is 17.8. The highest BCUT2D eigenvalue weighted by Gasteiger charge is 2.19. The van der Waals surface area contributed by atoms with Crippen LogP contribution in [0.15, 0.2) is 83.7 Å². The zero-order chi connectivity index (χ0) is 37.6. The van der Waals surface area contributed by atoms with Crippen molar-refractivity contribution in [1.29, 1.82) is 5.26 Å². The van der Waals surface area contributed by atoms with E-state index in [2.05, 4.69) is 75.2 Å². The number of nitriles is 1. The fraction of sp³-hybridized carbons (Fsp3) is 0.341. The summed E-state index contributed by atoms with van der Waals surface area (Å²) in [5.74, 6) is 1.54. The molecule has 276 valence electrons. The average Bonchev–Trinajstić information content (AvgIpc) is 3.73. The van der Waals surface area contributed by atoms with Gasteiger partial charge in [-0.2, -0.15) is 10.4 Å². The SMILES string of the molecule is C=N/C(=C\C=C/CC1CCN(Cc2nc3ccc(C)cc3[nH]2)CC1)OCc1ccc(C#N)cc1F.C[C@@H]1CCO1.Cc1[nH]nc2ccc(NC=O)cc12. The van der Waals surface area contributed by atoms with Crippen molar-refractivity contribution in [2.45, 2.75) is 65.7 Å². The van der Waals surface area contributed by atoms with E-state index < -0.39 is 5.82 Å². The molecule has 2 aromatic heterocycles. The number of carbonyl (C=O) groups excluding carboxylic acids is 1. The maximum absolute atomic E-state index is 14.0. The Hall–Kier alpha value is -5.64. The number of fused-ring (bicyclic) bond motifs is 2. The molecule has 0 spiro atoms. The number of aliphatic imine (C=N–C) groups is 1. The van der Waals surface area contributed by atoms with Gasteiger partial charge in [-0.3, -0.25) is 14.8 Å². The van der Waals surface area contributed by atoms with Crippen LogP contribution in [0.2, 0.25) is 0 Å². The average molecular weight is 719 g/mol. The number of amides is 1. The maximum atomic E-state index is 14.0. The van der Waals surface area contributed by atoms with E-state index in [0.717, 1.165) is 84.6 Å². The summed E-state index contributed by atoms with van der Waals surface area (Å²) in [7, 11) is 0. The van der Waals surface area contributed by atoms with Crippen molar-refractivity contribution < 1.29 is 18.7 Å². The number of hydrogen-bond donors (Lipinski definition) is 3. The van der Waals surface area contributed by atoms with Crippen molar-refractivity contribution in [3.8, 4) is 6.07 Å². The molecule has 2 aliphatic heterocycles. The highest BCUT2D eigenvalue weighted by atomic mass is 19.1. The molecule has 3 N–H and O–H groups in total. The molecule has 3 aromatic carbocycles. The Morgan fingerprint density at radius 1 is 1.15 bits per heavy atom. The molecule has 12 heteroatoms. The van der Waals surface area contributed by atoms with E-state index in [-0.39, 0.29) is 12.2 Å². The molecule has 2 saturated heterocycles. The molecule has 53 heavy (non-hydrogen) atoms. The van der Waals surface area contributed by atoms with E-state index >= 15 is 0 Å². The quantitative estimate of drug-likeness (QED) is 0.0543. The monoisotopic (exact) mass is 718 g/mol. The molecule has 2 aliphatic rings. The summed E-state index contributed by atoms with van der Waals surface area (Å²) >= 11 is 0. The lowest BCUT2D eigenvalue weighted by molar-refractivity contribution is -0.105. The normalized spacial score (nSPS) is 16.2. The maximum Gasteiger partial charge on any atom is 0.212 e. The van der Waals surface area contributed by atoms with Gasteiger partial charge in [-0.05, 0) is 126 Å². The number of carbonyl (C=O) groups is 1. The number of likely N-dealkylation sites (tertiary alicyclic amines) is 1. The van der Waals surface area contributed by atoms with Crippen LogP contribution in [0, 0.1) is 36.9 Å². The molecular formula is C41H47FN8O3. The number of aromatic nitrogens is 4. The summed E-state index contributed by atoms with van der Waals surface area (Å²) in [4.78, 5) is 24.7. The van der Waals surface area contributed by atoms with Crippen molar-refractivity contribution in [2.24, 2.45) is 10.9 Å². The molecule has 2 fully saturated rings. The number of rotatable bonds is 11. The van der Waals surface area contributed by atoms with Gasteiger partial charge in [-0.15, -0.1) is 0 Å². The number of imidazole rings is 1. The zero-order valence-electron chi connectivity index (χ0n) is 30.6. The first kappa shape index (κ1) is 38.6. The molecule has 1 atom stereocenters. The van der Waals surface area contributed by atoms with Crippen LogP contribution in [-0.2, 0) is 27.4 Å². The Balaban J connectivity index is 0.000000244. The van der Waals surface area contributed by atoms with Crippen LogP contribution in [0.5, 0.6) is 0 Å². The van der Waals surface area contributed by atoms with Crippen LogP contribution >= 0.6 is 0 Å². The van der Waals surface area contributed by atoms with Gasteiger partial charge < -0.3 is 19.8 Å². The van der Waals surface area contributed by atoms with E-state index in [1.807, 2.05) is 37.3 Å². The molecule has 0 unspecified atom stereocenters. The third-order valence-corrected chi connectivity index (χ3v) is 9.22. The standard InChI is InChI=1S/C28H30FN5O.C9H9N3O.C4H8O/c1-20-7-10-25-26(15-20)33-27(32-25)18-34-13-11-21(12-14-34)5-3-4-6-28(31-2)35-19-23-9-8-22(17-30)16-24(23)29;1-6-8-4-7(10-5-13)2-3-9(8)12-11-6;1-4-2-3-5-4/h3-4,6-10,15-16,21H,2,5,11-14,18-19H2,1H3,(H,32,33);2-5H,1H3,(H,10,13)(H,11,12);4H,2-3H2,1H3/b4-3-,28-6+;;/t;;4-/m..1/s1. The number of benzene rings is 3. The number of piperidine rings is 1. The Morgan fingerprint density at radius 3 is 2.60 bits per heavy atom. The molecule has 0 saturated carbocycles. The predicted octanol–water partition coefficient (Wildman–Crippen LogP) is 8.03. The number of ether oxygens (including phenoxy) is 2. The Kier molecular flexibility index (Phi) is 14.0. The molecule has 0 aliphatic carbocycles. The smallest absolute Gasteiger partial charge is 0.212 e. The van der Waals surface area contributed by atoms with Gasteiger partial charge in [0.05, 0.1) is 40.8 Å². The molecule has 4 heterocycles. The first-order valence-electron chi connectivity index (χ1n) is 17.8. The predicted molar refractivity (Wildman–Crippen MR) is 207 cm³/mol. The van der Waals surface area contributed by atoms with Crippen LogP contribution < -0.4 is 5.32 Å². The highest BCUT2D eigenvalue weighted by Crippen LogP contribution is 2.23. The number of nitrogens with one attached hydrogen (secondary N) is 3. The van der Waals surface area contributed by atoms with Crippen molar-refractivity contribution in [2.75, 3.05) is 25.0 Å². The molecule has 11 nitrogen and oxygen atoms in total. The lowest BCUT2D eigenvalue weighted by atomic mass is 9.93. The fourth-order valence-electron chi connectivity index (χ4n) is 5.95. The number of aryl methyl sites for hydroxylation is 2. The number of H-pyrrole nitrogens is 2. The van der Waals surface area contributed by atoms with Gasteiger partial charge in [0, 0.05) is 28.9 Å². The van der Waals surface area contributed by atoms with E-state index in [4.69, 9.17) is 19.7 Å². The Bertz CT molecular complexity index is 2080. The second-order valence-corrected chi connectivity index (χ2v) is 13.3. The minimum absolute atomic E-state index is 0.0273. The van der Waals surface area contributed by atoms with Crippen LogP contribution in [0.4, 0.5) is 10.1 Å². The fourth-order valence-corrected chi connectivity index (χ4v) is 5.95. The molecule has 5 aromatic rings. The van der Waals surface area contributed by atoms with Gasteiger partial charge in [0.15, 0.2) is 0 Å². The van der Waals surface area contributed by atoms with Gasteiger partial charge >= 0.3 is 0 Å². The lowest BCUT2D eigenvalue weighted by Crippen LogP contribution is -2.33. The summed E-state index contributed by atoms with van der Waals surface area (Å²) in [6, 6.07) is 18.1. The van der Waals surface area contributed by atoms with Crippen molar-refractivity contribution in [3.63, 3.8) is 0 Å². The third-order valence-electron chi connectivity index (χ3n) is 9.22. The summed E-state index contributed by atoms with van der Waals surface area (Å²) in [5.41, 5.74) is 6.71. The molecule has 0 radical (unpaired) electrons. The van der Waals surface area contributed by atoms with E-state index in [0.29, 0.717) is 29.9 Å². The van der Waals surface area contributed by atoms with Gasteiger partial charge in [-0.1, -0.05) is 24.3 Å². The minimum Gasteiger partial charge on any atom is -0.473 e. The van der Waals surface area contributed by atoms with Crippen molar-refractivity contribution >= 4 is 40.8 Å². The lowest BCUT2D eigenvalue weighted by Gasteiger charge is -2.30.